The first-order valence-electron chi connectivity index (χ1n) is 3.78. The monoisotopic (exact) mass is 157 g/mol. The molecule has 0 saturated heterocycles. The van der Waals surface area contributed by atoms with E-state index in [1.165, 1.54) is 13.0 Å². The van der Waals surface area contributed by atoms with Crippen molar-refractivity contribution in [3.05, 3.63) is 11.8 Å². The summed E-state index contributed by atoms with van der Waals surface area (Å²) in [5.41, 5.74) is 0. The Balaban J connectivity index is 4.11. The quantitative estimate of drug-likeness (QED) is 0.495. The van der Waals surface area contributed by atoms with Crippen molar-refractivity contribution in [2.24, 2.45) is 0 Å². The molecule has 0 aliphatic heterocycles. The third kappa shape index (κ3) is 3.65. The Bertz CT molecular complexity index is 155. The van der Waals surface area contributed by atoms with E-state index in [4.69, 9.17) is 5.11 Å². The Hall–Kier alpha value is -0.990. The first-order valence-corrected chi connectivity index (χ1v) is 3.78. The molecule has 0 aromatic rings. The SMILES string of the molecule is CCN(CC)C(=O)/C=C(\C)O. The van der Waals surface area contributed by atoms with E-state index in [9.17, 15) is 4.79 Å². The van der Waals surface area contributed by atoms with Crippen LogP contribution in [0.3, 0.4) is 0 Å². The zero-order valence-electron chi connectivity index (χ0n) is 7.29. The third-order valence-corrected chi connectivity index (χ3v) is 1.41. The summed E-state index contributed by atoms with van der Waals surface area (Å²) in [7, 11) is 0. The standard InChI is InChI=1S/C8H15NO2/c1-4-9(5-2)8(11)6-7(3)10/h6,10H,4-5H2,1-3H3/b7-6+. The predicted octanol–water partition coefficient (Wildman–Crippen LogP) is 1.32. The second-order valence-electron chi connectivity index (χ2n) is 2.30. The van der Waals surface area contributed by atoms with Crippen LogP contribution in [0.1, 0.15) is 20.8 Å². The Labute approximate surface area is 67.3 Å². The minimum Gasteiger partial charge on any atom is -0.512 e. The summed E-state index contributed by atoms with van der Waals surface area (Å²) in [6, 6.07) is 0. The van der Waals surface area contributed by atoms with Crippen molar-refractivity contribution in [2.45, 2.75) is 20.8 Å². The summed E-state index contributed by atoms with van der Waals surface area (Å²) in [6.07, 6.45) is 1.23. The molecule has 3 nitrogen and oxygen atoms in total. The minimum absolute atomic E-state index is 0.0573. The molecule has 0 radical (unpaired) electrons. The van der Waals surface area contributed by atoms with Gasteiger partial charge in [-0.25, -0.2) is 0 Å². The van der Waals surface area contributed by atoms with Crippen molar-refractivity contribution in [3.8, 4) is 0 Å². The average molecular weight is 157 g/mol. The Morgan fingerprint density at radius 3 is 2.18 bits per heavy atom. The lowest BCUT2D eigenvalue weighted by atomic mass is 10.4. The van der Waals surface area contributed by atoms with Crippen LogP contribution in [-0.2, 0) is 4.79 Å². The van der Waals surface area contributed by atoms with E-state index in [0.717, 1.165) is 0 Å². The topological polar surface area (TPSA) is 40.5 Å². The zero-order valence-corrected chi connectivity index (χ0v) is 7.29. The lowest BCUT2D eigenvalue weighted by Gasteiger charge is -2.15. The van der Waals surface area contributed by atoms with E-state index in [2.05, 4.69) is 0 Å². The molecule has 0 aromatic carbocycles. The largest absolute Gasteiger partial charge is 0.512 e. The molecular formula is C8H15NO2. The smallest absolute Gasteiger partial charge is 0.249 e. The number of rotatable bonds is 3. The van der Waals surface area contributed by atoms with E-state index in [-0.39, 0.29) is 11.7 Å². The van der Waals surface area contributed by atoms with E-state index < -0.39 is 0 Å². The first kappa shape index (κ1) is 10.0. The molecule has 3 heteroatoms. The van der Waals surface area contributed by atoms with Crippen molar-refractivity contribution in [3.63, 3.8) is 0 Å². The highest BCUT2D eigenvalue weighted by atomic mass is 16.3. The molecule has 0 bridgehead atoms. The van der Waals surface area contributed by atoms with Gasteiger partial charge in [-0.1, -0.05) is 0 Å². The number of hydrogen-bond donors (Lipinski definition) is 1. The van der Waals surface area contributed by atoms with Gasteiger partial charge in [0.1, 0.15) is 0 Å². The van der Waals surface area contributed by atoms with Crippen LogP contribution in [0.4, 0.5) is 0 Å². The molecule has 0 fully saturated rings. The number of aliphatic hydroxyl groups is 1. The lowest BCUT2D eigenvalue weighted by Crippen LogP contribution is -2.28. The normalized spacial score (nSPS) is 11.4. The van der Waals surface area contributed by atoms with Gasteiger partial charge in [-0.15, -0.1) is 0 Å². The second-order valence-corrected chi connectivity index (χ2v) is 2.30. The molecule has 0 aliphatic carbocycles. The summed E-state index contributed by atoms with van der Waals surface area (Å²) in [5, 5.41) is 8.78. The highest BCUT2D eigenvalue weighted by Gasteiger charge is 2.05. The average Bonchev–Trinajstić information content (AvgIpc) is 1.88. The van der Waals surface area contributed by atoms with Gasteiger partial charge < -0.3 is 10.0 Å². The molecule has 0 rings (SSSR count). The van der Waals surface area contributed by atoms with E-state index in [0.29, 0.717) is 13.1 Å². The number of carbonyl (C=O) groups excluding carboxylic acids is 1. The van der Waals surface area contributed by atoms with Crippen molar-refractivity contribution in [2.75, 3.05) is 13.1 Å². The predicted molar refractivity (Wildman–Crippen MR) is 44.3 cm³/mol. The minimum atomic E-state index is -0.130. The Kier molecular flexibility index (Phi) is 4.34. The molecule has 0 aliphatic rings. The van der Waals surface area contributed by atoms with Gasteiger partial charge in [-0.2, -0.15) is 0 Å². The van der Waals surface area contributed by atoms with Crippen LogP contribution in [0, 0.1) is 0 Å². The molecule has 1 amide bonds. The maximum atomic E-state index is 11.1. The summed E-state index contributed by atoms with van der Waals surface area (Å²) < 4.78 is 0. The molecule has 0 spiro atoms. The Morgan fingerprint density at radius 2 is 1.91 bits per heavy atom. The second kappa shape index (κ2) is 4.77. The van der Waals surface area contributed by atoms with Crippen LogP contribution in [0.25, 0.3) is 0 Å². The fourth-order valence-electron chi connectivity index (χ4n) is 0.805. The molecular weight excluding hydrogens is 142 g/mol. The molecule has 0 unspecified atom stereocenters. The summed E-state index contributed by atoms with van der Waals surface area (Å²) in [6.45, 7) is 6.66. The van der Waals surface area contributed by atoms with Gasteiger partial charge in [0.05, 0.1) is 5.76 Å². The van der Waals surface area contributed by atoms with E-state index >= 15 is 0 Å². The van der Waals surface area contributed by atoms with Crippen LogP contribution in [-0.4, -0.2) is 29.0 Å². The summed E-state index contributed by atoms with van der Waals surface area (Å²) in [5.74, 6) is -0.0723. The van der Waals surface area contributed by atoms with Gasteiger partial charge in [-0.3, -0.25) is 4.79 Å². The highest BCUT2D eigenvalue weighted by Crippen LogP contribution is 1.93. The van der Waals surface area contributed by atoms with Gasteiger partial charge in [0.2, 0.25) is 5.91 Å². The lowest BCUT2D eigenvalue weighted by molar-refractivity contribution is -0.125. The number of amides is 1. The van der Waals surface area contributed by atoms with Crippen LogP contribution >= 0.6 is 0 Å². The van der Waals surface area contributed by atoms with Gasteiger partial charge >= 0.3 is 0 Å². The molecule has 0 heterocycles. The van der Waals surface area contributed by atoms with E-state index in [1.807, 2.05) is 13.8 Å². The molecule has 0 aromatic heterocycles. The molecule has 1 N–H and O–H groups in total. The van der Waals surface area contributed by atoms with Crippen molar-refractivity contribution >= 4 is 5.91 Å². The van der Waals surface area contributed by atoms with Crippen LogP contribution in [0.5, 0.6) is 0 Å². The maximum absolute atomic E-state index is 11.1. The van der Waals surface area contributed by atoms with Crippen molar-refractivity contribution < 1.29 is 9.90 Å². The number of allylic oxidation sites excluding steroid dienone is 1. The van der Waals surface area contributed by atoms with Crippen LogP contribution in [0.2, 0.25) is 0 Å². The maximum Gasteiger partial charge on any atom is 0.249 e. The number of nitrogens with zero attached hydrogens (tertiary/aromatic N) is 1. The fraction of sp³-hybridized carbons (Fsp3) is 0.625. The fourth-order valence-corrected chi connectivity index (χ4v) is 0.805. The third-order valence-electron chi connectivity index (χ3n) is 1.41. The molecule has 0 atom stereocenters. The van der Waals surface area contributed by atoms with Crippen molar-refractivity contribution in [1.29, 1.82) is 0 Å². The van der Waals surface area contributed by atoms with Gasteiger partial charge in [0.15, 0.2) is 0 Å². The number of likely N-dealkylation sites (N-methyl/N-ethyl adjacent to an activating group) is 1. The molecule has 64 valence electrons. The zero-order chi connectivity index (χ0) is 8.85. The molecule has 0 saturated carbocycles. The Morgan fingerprint density at radius 1 is 1.45 bits per heavy atom. The van der Waals surface area contributed by atoms with Gasteiger partial charge in [0, 0.05) is 19.2 Å². The van der Waals surface area contributed by atoms with E-state index in [1.54, 1.807) is 4.90 Å². The highest BCUT2D eigenvalue weighted by molar-refractivity contribution is 5.87. The summed E-state index contributed by atoms with van der Waals surface area (Å²) >= 11 is 0. The molecule has 11 heavy (non-hydrogen) atoms. The number of carbonyl (C=O) groups is 1. The van der Waals surface area contributed by atoms with Gasteiger partial charge in [-0.05, 0) is 20.8 Å². The van der Waals surface area contributed by atoms with Crippen LogP contribution < -0.4 is 0 Å². The van der Waals surface area contributed by atoms with Crippen LogP contribution in [0.15, 0.2) is 11.8 Å². The number of aliphatic hydroxyl groups excluding tert-OH is 1. The number of hydrogen-bond acceptors (Lipinski definition) is 2. The van der Waals surface area contributed by atoms with Crippen molar-refractivity contribution in [1.82, 2.24) is 4.90 Å². The summed E-state index contributed by atoms with van der Waals surface area (Å²) in [4.78, 5) is 12.7. The van der Waals surface area contributed by atoms with Gasteiger partial charge in [0.25, 0.3) is 0 Å². The first-order chi connectivity index (χ1) is 5.11.